The van der Waals surface area contributed by atoms with Gasteiger partial charge in [0.25, 0.3) is 0 Å². The molecule has 0 aliphatic rings. The number of nitrogens with zero attached hydrogens (tertiary/aromatic N) is 1. The molecular weight excluding hydrogens is 707 g/mol. The van der Waals surface area contributed by atoms with Gasteiger partial charge < -0.3 is 18.2 Å². The fourth-order valence-corrected chi connectivity index (χ4v) is 5.62. The van der Waals surface area contributed by atoms with Gasteiger partial charge >= 0.3 is 5.97 Å². The molecule has 0 amide bonds. The molecule has 0 atom stereocenters. The number of rotatable bonds is 8. The van der Waals surface area contributed by atoms with Gasteiger partial charge in [0.2, 0.25) is 0 Å². The molecule has 4 aromatic rings. The standard InChI is InChI=1S/C23H17ClI2NO4PS/c1-29-23(28)21-22(30-17-5-3-2-4-6-17)19-13-18(31-33-32(25)26)11-12-20(19)27(21)14-15-7-9-16(24)10-8-15/h2-13H,14H2,1H3. The number of para-hydroxylation sites is 1. The average Bonchev–Trinajstić information content (AvgIpc) is 3.11. The van der Waals surface area contributed by atoms with Crippen molar-refractivity contribution in [2.45, 2.75) is 6.54 Å². The number of hydrogen-bond acceptors (Lipinski definition) is 5. The van der Waals surface area contributed by atoms with Crippen molar-refractivity contribution < 1.29 is 18.5 Å². The van der Waals surface area contributed by atoms with E-state index in [0.29, 0.717) is 34.5 Å². The number of methoxy groups -OCH3 is 1. The lowest BCUT2D eigenvalue weighted by Gasteiger charge is -2.11. The number of hydrogen-bond donors (Lipinski definition) is 0. The number of ether oxygens (including phenoxy) is 2. The van der Waals surface area contributed by atoms with Crippen LogP contribution in [-0.4, -0.2) is 17.6 Å². The molecule has 0 spiro atoms. The third-order valence-electron chi connectivity index (χ3n) is 4.77. The molecule has 0 aliphatic carbocycles. The summed E-state index contributed by atoms with van der Waals surface area (Å²) in [5, 5.41) is 1.42. The maximum absolute atomic E-state index is 13.0. The quantitative estimate of drug-likeness (QED) is 0.0787. The summed E-state index contributed by atoms with van der Waals surface area (Å²) in [6, 6.07) is 22.6. The van der Waals surface area contributed by atoms with Crippen molar-refractivity contribution in [3.63, 3.8) is 0 Å². The third kappa shape index (κ3) is 6.08. The van der Waals surface area contributed by atoms with Crippen LogP contribution in [-0.2, 0) is 11.3 Å². The minimum Gasteiger partial charge on any atom is -0.464 e. The first kappa shape index (κ1) is 24.9. The van der Waals surface area contributed by atoms with Gasteiger partial charge in [-0.3, -0.25) is 0 Å². The molecule has 0 saturated carbocycles. The van der Waals surface area contributed by atoms with Crippen molar-refractivity contribution in [3.8, 4) is 17.2 Å². The topological polar surface area (TPSA) is 49.7 Å². The molecule has 0 fully saturated rings. The van der Waals surface area contributed by atoms with Crippen LogP contribution in [0.25, 0.3) is 10.9 Å². The Hall–Kier alpha value is -1.20. The first-order valence-electron chi connectivity index (χ1n) is 9.64. The summed E-state index contributed by atoms with van der Waals surface area (Å²) < 4.78 is 18.9. The summed E-state index contributed by atoms with van der Waals surface area (Å²) in [7, 11) is 1.37. The molecular formula is C23H17ClI2NO4PS. The Morgan fingerprint density at radius 1 is 1.03 bits per heavy atom. The zero-order valence-electron chi connectivity index (χ0n) is 17.2. The summed E-state index contributed by atoms with van der Waals surface area (Å²) in [5.74, 6) is 1.26. The normalized spacial score (nSPS) is 11.1. The molecule has 3 aromatic carbocycles. The second kappa shape index (κ2) is 11.5. The maximum Gasteiger partial charge on any atom is 0.358 e. The van der Waals surface area contributed by atoms with Gasteiger partial charge in [-0.1, -0.05) is 41.9 Å². The molecule has 0 unspecified atom stereocenters. The minimum absolute atomic E-state index is 0.334. The molecule has 170 valence electrons. The number of esters is 1. The first-order valence-corrected chi connectivity index (χ1v) is 18.3. The molecule has 33 heavy (non-hydrogen) atoms. The van der Waals surface area contributed by atoms with Crippen molar-refractivity contribution in [1.29, 1.82) is 0 Å². The highest BCUT2D eigenvalue weighted by atomic mass is 127. The minimum atomic E-state index is -0.481. The van der Waals surface area contributed by atoms with Gasteiger partial charge in [0.15, 0.2) is 11.4 Å². The van der Waals surface area contributed by atoms with E-state index in [9.17, 15) is 4.79 Å². The van der Waals surface area contributed by atoms with E-state index in [-0.39, 0.29) is 2.41 Å². The Morgan fingerprint density at radius 3 is 2.42 bits per heavy atom. The lowest BCUT2D eigenvalue weighted by atomic mass is 10.2. The van der Waals surface area contributed by atoms with Gasteiger partial charge in [-0.2, -0.15) is 0 Å². The Morgan fingerprint density at radius 2 is 1.76 bits per heavy atom. The van der Waals surface area contributed by atoms with Gasteiger partial charge in [-0.25, -0.2) is 4.79 Å². The summed E-state index contributed by atoms with van der Waals surface area (Å²) in [6.45, 7) is 0.442. The summed E-state index contributed by atoms with van der Waals surface area (Å²) in [4.78, 5) is 13.0. The largest absolute Gasteiger partial charge is 0.464 e. The van der Waals surface area contributed by atoms with Gasteiger partial charge in [-0.05, 0) is 92.1 Å². The molecule has 0 bridgehead atoms. The van der Waals surface area contributed by atoms with Crippen LogP contribution in [0, 0.1) is 0 Å². The zero-order chi connectivity index (χ0) is 23.4. The van der Waals surface area contributed by atoms with Crippen LogP contribution in [0.2, 0.25) is 5.02 Å². The molecule has 4 rings (SSSR count). The number of aromatic nitrogens is 1. The lowest BCUT2D eigenvalue weighted by molar-refractivity contribution is 0.0586. The van der Waals surface area contributed by atoms with Crippen LogP contribution in [0.4, 0.5) is 0 Å². The summed E-state index contributed by atoms with van der Waals surface area (Å²) in [5.41, 5.74) is 2.16. The molecule has 0 N–H and O–H groups in total. The summed E-state index contributed by atoms with van der Waals surface area (Å²) >= 11 is 12.1. The van der Waals surface area contributed by atoms with Crippen LogP contribution < -0.4 is 8.92 Å². The molecule has 0 aliphatic heterocycles. The van der Waals surface area contributed by atoms with Crippen molar-refractivity contribution in [3.05, 3.63) is 89.1 Å². The fraction of sp³-hybridized carbons (Fsp3) is 0.0870. The van der Waals surface area contributed by atoms with E-state index in [1.807, 2.05) is 77.4 Å². The maximum atomic E-state index is 13.0. The van der Waals surface area contributed by atoms with Gasteiger partial charge in [0.05, 0.1) is 12.6 Å². The molecule has 10 heteroatoms. The van der Waals surface area contributed by atoms with Gasteiger partial charge in [0.1, 0.15) is 25.6 Å². The smallest absolute Gasteiger partial charge is 0.358 e. The fourth-order valence-electron chi connectivity index (χ4n) is 3.37. The predicted molar refractivity (Wildman–Crippen MR) is 154 cm³/mol. The van der Waals surface area contributed by atoms with Crippen molar-refractivity contribution in [2.75, 3.05) is 7.11 Å². The number of benzene rings is 3. The molecule has 5 nitrogen and oxygen atoms in total. The number of halogens is 3. The zero-order valence-corrected chi connectivity index (χ0v) is 24.0. The van der Waals surface area contributed by atoms with Crippen LogP contribution in [0.1, 0.15) is 16.1 Å². The van der Waals surface area contributed by atoms with E-state index in [2.05, 4.69) is 44.1 Å². The molecule has 1 aromatic heterocycles. The SMILES string of the molecule is COC(=O)c1c(Oc2ccccc2)c2cc(OSP(I)I)ccc2n1Cc1ccc(Cl)cc1. The Bertz CT molecular complexity index is 1270. The van der Waals surface area contributed by atoms with E-state index in [0.717, 1.165) is 16.5 Å². The highest BCUT2D eigenvalue weighted by Crippen LogP contribution is 2.64. The Kier molecular flexibility index (Phi) is 8.67. The van der Waals surface area contributed by atoms with Crippen LogP contribution in [0.5, 0.6) is 17.2 Å². The average molecular weight is 724 g/mol. The number of fused-ring (bicyclic) bond motifs is 1. The summed E-state index contributed by atoms with van der Waals surface area (Å²) in [6.07, 6.45) is 0. The molecule has 0 radical (unpaired) electrons. The van der Waals surface area contributed by atoms with Crippen LogP contribution >= 0.6 is 69.8 Å². The van der Waals surface area contributed by atoms with Crippen molar-refractivity contribution >= 4 is 86.6 Å². The second-order valence-electron chi connectivity index (χ2n) is 6.84. The highest BCUT2D eigenvalue weighted by molar-refractivity contribution is 14.3. The number of carbonyl (C=O) groups is 1. The third-order valence-corrected chi connectivity index (χ3v) is 8.86. The van der Waals surface area contributed by atoms with Crippen LogP contribution in [0.15, 0.2) is 72.8 Å². The predicted octanol–water partition coefficient (Wildman–Crippen LogP) is 9.05. The van der Waals surface area contributed by atoms with E-state index >= 15 is 0 Å². The van der Waals surface area contributed by atoms with Crippen molar-refractivity contribution in [1.82, 2.24) is 4.57 Å². The van der Waals surface area contributed by atoms with Crippen LogP contribution in [0.3, 0.4) is 0 Å². The molecule has 0 saturated heterocycles. The lowest BCUT2D eigenvalue weighted by Crippen LogP contribution is -2.12. The Balaban J connectivity index is 1.89. The van der Waals surface area contributed by atoms with Crippen molar-refractivity contribution in [2.24, 2.45) is 0 Å². The Labute approximate surface area is 227 Å². The van der Waals surface area contributed by atoms with Gasteiger partial charge in [-0.15, -0.1) is 0 Å². The highest BCUT2D eigenvalue weighted by Gasteiger charge is 2.26. The monoisotopic (exact) mass is 723 g/mol. The van der Waals surface area contributed by atoms with Gasteiger partial charge in [0, 0.05) is 17.0 Å². The van der Waals surface area contributed by atoms with E-state index < -0.39 is 5.97 Å². The van der Waals surface area contributed by atoms with E-state index in [4.69, 9.17) is 25.3 Å². The molecule has 1 heterocycles. The van der Waals surface area contributed by atoms with E-state index in [1.54, 1.807) is 0 Å². The first-order chi connectivity index (χ1) is 16.0. The number of carbonyl (C=O) groups excluding carboxylic acids is 1. The van der Waals surface area contributed by atoms with E-state index in [1.165, 1.54) is 18.8 Å². The second-order valence-corrected chi connectivity index (χ2v) is 24.8.